The van der Waals surface area contributed by atoms with E-state index in [1.165, 1.54) is 17.5 Å². The summed E-state index contributed by atoms with van der Waals surface area (Å²) in [5.74, 6) is 0.729. The van der Waals surface area contributed by atoms with Crippen LogP contribution in [0.1, 0.15) is 37.4 Å². The van der Waals surface area contributed by atoms with E-state index in [9.17, 15) is 0 Å². The van der Waals surface area contributed by atoms with Crippen molar-refractivity contribution in [2.24, 2.45) is 5.92 Å². The zero-order chi connectivity index (χ0) is 10.6. The van der Waals surface area contributed by atoms with Gasteiger partial charge in [-0.3, -0.25) is 0 Å². The second-order valence-electron chi connectivity index (χ2n) is 4.33. The number of hydrogen-bond donors (Lipinski definition) is 1. The lowest BCUT2D eigenvalue weighted by molar-refractivity contribution is 0.455. The maximum Gasteiger partial charge on any atom is 0.0322 e. The van der Waals surface area contributed by atoms with Gasteiger partial charge < -0.3 is 5.32 Å². The summed E-state index contributed by atoms with van der Waals surface area (Å²) in [5.41, 5.74) is 2.82. The van der Waals surface area contributed by atoms with Crippen LogP contribution in [0.4, 0.5) is 0 Å². The highest BCUT2D eigenvalue weighted by Gasteiger charge is 2.12. The average molecular weight is 191 g/mol. The third-order valence-corrected chi connectivity index (χ3v) is 2.62. The largest absolute Gasteiger partial charge is 0.313 e. The van der Waals surface area contributed by atoms with E-state index in [0.717, 1.165) is 5.92 Å². The number of hydrogen-bond acceptors (Lipinski definition) is 1. The molecular weight excluding hydrogens is 170 g/mol. The van der Waals surface area contributed by atoms with Gasteiger partial charge in [0.05, 0.1) is 0 Å². The van der Waals surface area contributed by atoms with Crippen LogP contribution in [0.25, 0.3) is 0 Å². The maximum absolute atomic E-state index is 3.39. The molecule has 1 atom stereocenters. The summed E-state index contributed by atoms with van der Waals surface area (Å²) < 4.78 is 0. The van der Waals surface area contributed by atoms with Gasteiger partial charge in [0.2, 0.25) is 0 Å². The van der Waals surface area contributed by atoms with Gasteiger partial charge in [-0.25, -0.2) is 0 Å². The van der Waals surface area contributed by atoms with Crippen LogP contribution < -0.4 is 5.32 Å². The molecular formula is C13H21N. The molecule has 0 fully saturated rings. The van der Waals surface area contributed by atoms with Crippen molar-refractivity contribution in [1.29, 1.82) is 0 Å². The molecule has 0 aliphatic heterocycles. The van der Waals surface area contributed by atoms with Crippen molar-refractivity contribution in [3.63, 3.8) is 0 Å². The lowest BCUT2D eigenvalue weighted by Gasteiger charge is -2.20. The van der Waals surface area contributed by atoms with Crippen molar-refractivity contribution in [1.82, 2.24) is 5.32 Å². The maximum atomic E-state index is 3.39. The summed E-state index contributed by atoms with van der Waals surface area (Å²) in [7, 11) is 2.04. The summed E-state index contributed by atoms with van der Waals surface area (Å²) in [6.45, 7) is 6.71. The van der Waals surface area contributed by atoms with Gasteiger partial charge in [-0.1, -0.05) is 38.1 Å². The Balaban J connectivity index is 2.83. The van der Waals surface area contributed by atoms with Gasteiger partial charge in [0.15, 0.2) is 0 Å². The molecule has 0 heterocycles. The first-order valence-corrected chi connectivity index (χ1v) is 5.38. The SMILES string of the molecule is CNC(CC(C)C)c1ccccc1C. The van der Waals surface area contributed by atoms with Gasteiger partial charge in [-0.05, 0) is 37.4 Å². The number of aryl methyl sites for hydroxylation is 1. The normalized spacial score (nSPS) is 13.2. The van der Waals surface area contributed by atoms with Crippen LogP contribution in [0.2, 0.25) is 0 Å². The summed E-state index contributed by atoms with van der Waals surface area (Å²) in [6.07, 6.45) is 1.20. The van der Waals surface area contributed by atoms with Gasteiger partial charge >= 0.3 is 0 Å². The first-order chi connectivity index (χ1) is 6.65. The van der Waals surface area contributed by atoms with Gasteiger partial charge in [-0.15, -0.1) is 0 Å². The van der Waals surface area contributed by atoms with E-state index in [2.05, 4.69) is 50.4 Å². The van der Waals surface area contributed by atoms with E-state index >= 15 is 0 Å². The van der Waals surface area contributed by atoms with Gasteiger partial charge in [0, 0.05) is 6.04 Å². The molecule has 1 heteroatoms. The fourth-order valence-electron chi connectivity index (χ4n) is 1.85. The molecule has 0 bridgehead atoms. The molecule has 1 nitrogen and oxygen atoms in total. The third kappa shape index (κ3) is 2.85. The van der Waals surface area contributed by atoms with Crippen molar-refractivity contribution >= 4 is 0 Å². The molecule has 1 aromatic carbocycles. The third-order valence-electron chi connectivity index (χ3n) is 2.62. The molecule has 0 radical (unpaired) electrons. The van der Waals surface area contributed by atoms with Crippen LogP contribution >= 0.6 is 0 Å². The van der Waals surface area contributed by atoms with Crippen LogP contribution in [0.5, 0.6) is 0 Å². The highest BCUT2D eigenvalue weighted by atomic mass is 14.9. The van der Waals surface area contributed by atoms with Crippen LogP contribution in [0.15, 0.2) is 24.3 Å². The molecule has 1 unspecified atom stereocenters. The zero-order valence-electron chi connectivity index (χ0n) is 9.67. The standard InChI is InChI=1S/C13H21N/c1-10(2)9-13(14-4)12-8-6-5-7-11(12)3/h5-8,10,13-14H,9H2,1-4H3. The molecule has 0 saturated heterocycles. The van der Waals surface area contributed by atoms with Crippen LogP contribution in [0.3, 0.4) is 0 Å². The Bertz CT molecular complexity index is 278. The fraction of sp³-hybridized carbons (Fsp3) is 0.538. The molecule has 0 saturated carbocycles. The van der Waals surface area contributed by atoms with Crippen LogP contribution in [0, 0.1) is 12.8 Å². The van der Waals surface area contributed by atoms with Gasteiger partial charge in [0.1, 0.15) is 0 Å². The molecule has 14 heavy (non-hydrogen) atoms. The Labute approximate surface area is 87.5 Å². The second-order valence-corrected chi connectivity index (χ2v) is 4.33. The lowest BCUT2D eigenvalue weighted by atomic mass is 9.94. The molecule has 0 aliphatic rings. The number of rotatable bonds is 4. The Morgan fingerprint density at radius 3 is 2.36 bits per heavy atom. The quantitative estimate of drug-likeness (QED) is 0.770. The topological polar surface area (TPSA) is 12.0 Å². The van der Waals surface area contributed by atoms with Crippen molar-refractivity contribution < 1.29 is 0 Å². The van der Waals surface area contributed by atoms with E-state index in [4.69, 9.17) is 0 Å². The minimum atomic E-state index is 0.496. The lowest BCUT2D eigenvalue weighted by Crippen LogP contribution is -2.19. The monoisotopic (exact) mass is 191 g/mol. The van der Waals surface area contributed by atoms with Gasteiger partial charge in [-0.2, -0.15) is 0 Å². The molecule has 0 amide bonds. The van der Waals surface area contributed by atoms with E-state index in [1.807, 2.05) is 7.05 Å². The van der Waals surface area contributed by atoms with E-state index < -0.39 is 0 Å². The highest BCUT2D eigenvalue weighted by Crippen LogP contribution is 2.23. The van der Waals surface area contributed by atoms with Crippen molar-refractivity contribution in [3.8, 4) is 0 Å². The van der Waals surface area contributed by atoms with E-state index in [-0.39, 0.29) is 0 Å². The minimum Gasteiger partial charge on any atom is -0.313 e. The summed E-state index contributed by atoms with van der Waals surface area (Å²) in [6, 6.07) is 9.11. The molecule has 78 valence electrons. The molecule has 1 aromatic rings. The Morgan fingerprint density at radius 1 is 1.21 bits per heavy atom. The fourth-order valence-corrected chi connectivity index (χ4v) is 1.85. The predicted molar refractivity (Wildman–Crippen MR) is 62.4 cm³/mol. The Hall–Kier alpha value is -0.820. The van der Waals surface area contributed by atoms with Crippen LogP contribution in [-0.4, -0.2) is 7.05 Å². The second kappa shape index (κ2) is 5.16. The first kappa shape index (κ1) is 11.3. The Morgan fingerprint density at radius 2 is 1.86 bits per heavy atom. The molecule has 0 aliphatic carbocycles. The number of benzene rings is 1. The summed E-state index contributed by atoms with van der Waals surface area (Å²) in [5, 5.41) is 3.39. The predicted octanol–water partition coefficient (Wildman–Crippen LogP) is 3.30. The summed E-state index contributed by atoms with van der Waals surface area (Å²) >= 11 is 0. The van der Waals surface area contributed by atoms with Crippen molar-refractivity contribution in [3.05, 3.63) is 35.4 Å². The minimum absolute atomic E-state index is 0.496. The molecule has 1 N–H and O–H groups in total. The zero-order valence-corrected chi connectivity index (χ0v) is 9.67. The average Bonchev–Trinajstić information content (AvgIpc) is 2.15. The van der Waals surface area contributed by atoms with Gasteiger partial charge in [0.25, 0.3) is 0 Å². The summed E-state index contributed by atoms with van der Waals surface area (Å²) in [4.78, 5) is 0. The van der Waals surface area contributed by atoms with Crippen LogP contribution in [-0.2, 0) is 0 Å². The molecule has 0 spiro atoms. The molecule has 1 rings (SSSR count). The molecule has 0 aromatic heterocycles. The van der Waals surface area contributed by atoms with Crippen molar-refractivity contribution in [2.45, 2.75) is 33.2 Å². The van der Waals surface area contributed by atoms with Crippen molar-refractivity contribution in [2.75, 3.05) is 7.05 Å². The smallest absolute Gasteiger partial charge is 0.0322 e. The van der Waals surface area contributed by atoms with E-state index in [1.54, 1.807) is 0 Å². The highest BCUT2D eigenvalue weighted by molar-refractivity contribution is 5.28. The number of nitrogens with one attached hydrogen (secondary N) is 1. The first-order valence-electron chi connectivity index (χ1n) is 5.38. The Kier molecular flexibility index (Phi) is 4.15. The van der Waals surface area contributed by atoms with E-state index in [0.29, 0.717) is 6.04 Å².